The maximum atomic E-state index is 13.3. The van der Waals surface area contributed by atoms with Gasteiger partial charge in [0.1, 0.15) is 6.61 Å². The molecule has 13 nitrogen and oxygen atoms in total. The summed E-state index contributed by atoms with van der Waals surface area (Å²) in [6, 6.07) is 8.11. The summed E-state index contributed by atoms with van der Waals surface area (Å²) in [5, 5.41) is 59.4. The van der Waals surface area contributed by atoms with Crippen LogP contribution >= 0.6 is 0 Å². The Bertz CT molecular complexity index is 1820. The van der Waals surface area contributed by atoms with Crippen molar-refractivity contribution in [2.45, 2.75) is 95.1 Å². The number of phenols is 2. The van der Waals surface area contributed by atoms with E-state index in [0.29, 0.717) is 43.6 Å². The lowest BCUT2D eigenvalue weighted by Gasteiger charge is -2.61. The van der Waals surface area contributed by atoms with Gasteiger partial charge in [-0.2, -0.15) is 0 Å². The number of dihydropyridines is 1. The van der Waals surface area contributed by atoms with E-state index in [4.69, 9.17) is 29.8 Å². The number of piperidine rings is 1. The Hall–Kier alpha value is -4.43. The molecule has 1 saturated carbocycles. The number of methoxy groups -OCH3 is 1. The van der Waals surface area contributed by atoms with Crippen LogP contribution in [0, 0.1) is 22.7 Å². The zero-order chi connectivity index (χ0) is 38.9. The van der Waals surface area contributed by atoms with Crippen molar-refractivity contribution in [1.82, 2.24) is 10.6 Å². The number of ether oxygens (including phenoxy) is 4. The van der Waals surface area contributed by atoms with Gasteiger partial charge in [-0.3, -0.25) is 4.79 Å². The lowest BCUT2D eigenvalue weighted by atomic mass is 9.46. The summed E-state index contributed by atoms with van der Waals surface area (Å²) >= 11 is 0. The van der Waals surface area contributed by atoms with Crippen LogP contribution < -0.4 is 30.6 Å². The Morgan fingerprint density at radius 2 is 1.84 bits per heavy atom. The van der Waals surface area contributed by atoms with Crippen molar-refractivity contribution >= 4 is 5.97 Å². The van der Waals surface area contributed by atoms with E-state index in [2.05, 4.69) is 29.7 Å². The molecule has 3 heterocycles. The third-order valence-electron chi connectivity index (χ3n) is 12.8. The Labute approximate surface area is 321 Å². The van der Waals surface area contributed by atoms with Gasteiger partial charge in [0.25, 0.3) is 0 Å². The van der Waals surface area contributed by atoms with Gasteiger partial charge in [-0.05, 0) is 97.9 Å². The molecule has 0 amide bonds. The molecule has 2 saturated heterocycles. The van der Waals surface area contributed by atoms with E-state index in [1.807, 2.05) is 12.2 Å². The van der Waals surface area contributed by atoms with Crippen LogP contribution in [0.1, 0.15) is 75.5 Å². The molecule has 2 spiro atoms. The highest BCUT2D eigenvalue weighted by Crippen LogP contribution is 2.68. The van der Waals surface area contributed by atoms with E-state index in [0.717, 1.165) is 43.2 Å². The lowest BCUT2D eigenvalue weighted by Crippen LogP contribution is -2.69. The van der Waals surface area contributed by atoms with Crippen LogP contribution in [0.2, 0.25) is 0 Å². The molecule has 0 bridgehead atoms. The first-order valence-electron chi connectivity index (χ1n) is 19.5. The molecular formula is C42H55N3O10. The molecular weight excluding hydrogens is 706 g/mol. The SMILES string of the molecule is COc1cc(C2CC(O)CC(CCc3ccc(O)c(OCO)c3)O2)cc(OCC2NC(C)CC3(CCCC3)C23C(C(=O)O)C=CC3C2=CCNC(N)=C2)c1O. The van der Waals surface area contributed by atoms with Crippen LogP contribution in [0.25, 0.3) is 0 Å². The summed E-state index contributed by atoms with van der Waals surface area (Å²) in [5.74, 6) is -0.964. The number of hydrogen-bond acceptors (Lipinski definition) is 12. The predicted molar refractivity (Wildman–Crippen MR) is 204 cm³/mol. The van der Waals surface area contributed by atoms with Crippen LogP contribution in [-0.4, -0.2) is 82.8 Å². The third-order valence-corrected chi connectivity index (χ3v) is 12.8. The summed E-state index contributed by atoms with van der Waals surface area (Å²) < 4.78 is 23.9. The van der Waals surface area contributed by atoms with E-state index < -0.39 is 42.3 Å². The summed E-state index contributed by atoms with van der Waals surface area (Å²) in [6.45, 7) is 2.25. The van der Waals surface area contributed by atoms with Gasteiger partial charge in [0, 0.05) is 36.4 Å². The van der Waals surface area contributed by atoms with Gasteiger partial charge in [-0.15, -0.1) is 0 Å². The molecule has 3 aliphatic heterocycles. The largest absolute Gasteiger partial charge is 0.504 e. The molecule has 2 aliphatic carbocycles. The van der Waals surface area contributed by atoms with Gasteiger partial charge in [-0.25, -0.2) is 0 Å². The number of allylic oxidation sites excluding steroid dienone is 3. The zero-order valence-electron chi connectivity index (χ0n) is 31.6. The molecule has 298 valence electrons. The number of nitrogens with one attached hydrogen (secondary N) is 2. The van der Waals surface area contributed by atoms with E-state index in [9.17, 15) is 25.2 Å². The fraction of sp³-hybridized carbons (Fsp3) is 0.548. The monoisotopic (exact) mass is 761 g/mol. The van der Waals surface area contributed by atoms with Crippen molar-refractivity contribution in [1.29, 1.82) is 0 Å². The van der Waals surface area contributed by atoms with Crippen LogP contribution in [0.3, 0.4) is 0 Å². The van der Waals surface area contributed by atoms with Gasteiger partial charge in [0.05, 0.1) is 37.2 Å². The van der Waals surface area contributed by atoms with Gasteiger partial charge in [0.15, 0.2) is 29.8 Å². The lowest BCUT2D eigenvalue weighted by molar-refractivity contribution is -0.160. The van der Waals surface area contributed by atoms with Crippen molar-refractivity contribution in [2.24, 2.45) is 28.4 Å². The standard InChI is InChI=1S/C42H55N3O10/c1-24-21-41(12-3-4-13-41)42(30(8-9-31(42)40(50)51)26-11-14-44-38(43)18-26)37(45-24)22-53-36-17-27(16-35(52-2)39(36)49)33-20-28(47)19-29(55-33)7-5-25-6-10-32(48)34(15-25)54-23-46/h6,8-11,15-18,24,28-31,33,37,44-49H,3-5,7,12-14,19-23,43H2,1-2H3,(H,50,51). The molecule has 5 aliphatic rings. The summed E-state index contributed by atoms with van der Waals surface area (Å²) in [5.41, 5.74) is 7.80. The van der Waals surface area contributed by atoms with Crippen LogP contribution in [0.5, 0.6) is 28.7 Å². The van der Waals surface area contributed by atoms with Gasteiger partial charge in [0.2, 0.25) is 5.75 Å². The maximum Gasteiger partial charge on any atom is 0.311 e. The zero-order valence-corrected chi connectivity index (χ0v) is 31.6. The van der Waals surface area contributed by atoms with E-state index in [1.54, 1.807) is 24.3 Å². The predicted octanol–water partition coefficient (Wildman–Crippen LogP) is 4.54. The van der Waals surface area contributed by atoms with E-state index >= 15 is 0 Å². The highest BCUT2D eigenvalue weighted by molar-refractivity contribution is 5.75. The van der Waals surface area contributed by atoms with Crippen LogP contribution in [-0.2, 0) is 16.0 Å². The van der Waals surface area contributed by atoms with Crippen molar-refractivity contribution in [3.63, 3.8) is 0 Å². The molecule has 2 aromatic rings. The number of nitrogens with two attached hydrogens (primary N) is 1. The minimum absolute atomic E-state index is 0.0635. The number of hydrogen-bond donors (Lipinski definition) is 8. The molecule has 8 atom stereocenters. The molecule has 2 aromatic carbocycles. The smallest absolute Gasteiger partial charge is 0.311 e. The number of carboxylic acid groups (broad SMARTS) is 1. The highest BCUT2D eigenvalue weighted by atomic mass is 16.6. The minimum atomic E-state index is -0.865. The molecule has 3 fully saturated rings. The first-order chi connectivity index (χ1) is 26.5. The number of fused-ring (bicyclic) bond motifs is 1. The Kier molecular flexibility index (Phi) is 11.3. The fourth-order valence-electron chi connectivity index (χ4n) is 10.7. The van der Waals surface area contributed by atoms with Gasteiger partial charge in [-0.1, -0.05) is 37.1 Å². The first kappa shape index (κ1) is 38.8. The highest BCUT2D eigenvalue weighted by Gasteiger charge is 2.68. The third kappa shape index (κ3) is 7.35. The van der Waals surface area contributed by atoms with Crippen molar-refractivity contribution in [3.05, 3.63) is 77.2 Å². The van der Waals surface area contributed by atoms with Crippen molar-refractivity contribution in [2.75, 3.05) is 27.1 Å². The number of phenolic OH excluding ortho intramolecular Hbond substituents is 2. The number of aromatic hydroxyl groups is 2. The number of carboxylic acids is 1. The molecule has 55 heavy (non-hydrogen) atoms. The summed E-state index contributed by atoms with van der Waals surface area (Å²) in [6.07, 6.45) is 13.2. The van der Waals surface area contributed by atoms with Crippen LogP contribution in [0.4, 0.5) is 0 Å². The first-order valence-corrected chi connectivity index (χ1v) is 19.5. The number of aliphatic hydroxyl groups excluding tert-OH is 2. The fourth-order valence-corrected chi connectivity index (χ4v) is 10.7. The Balaban J connectivity index is 1.17. The van der Waals surface area contributed by atoms with Gasteiger partial charge >= 0.3 is 5.97 Å². The second-order valence-corrected chi connectivity index (χ2v) is 16.0. The number of aliphatic carboxylic acids is 1. The average molecular weight is 762 g/mol. The number of aryl methyl sites for hydroxylation is 1. The molecule has 13 heteroatoms. The number of rotatable bonds is 12. The normalized spacial score (nSPS) is 31.2. The molecule has 7 rings (SSSR count). The van der Waals surface area contributed by atoms with E-state index in [-0.39, 0.29) is 58.8 Å². The summed E-state index contributed by atoms with van der Waals surface area (Å²) in [4.78, 5) is 13.3. The Morgan fingerprint density at radius 3 is 2.56 bits per heavy atom. The topological polar surface area (TPSA) is 205 Å². The van der Waals surface area contributed by atoms with Gasteiger partial charge < -0.3 is 60.8 Å². The van der Waals surface area contributed by atoms with Crippen molar-refractivity contribution in [3.8, 4) is 28.7 Å². The second-order valence-electron chi connectivity index (χ2n) is 16.0. The molecule has 8 unspecified atom stereocenters. The molecule has 0 aromatic heterocycles. The van der Waals surface area contributed by atoms with Crippen LogP contribution in [0.15, 0.2) is 66.0 Å². The number of carbonyl (C=O) groups is 1. The molecule has 0 radical (unpaired) electrons. The van der Waals surface area contributed by atoms with E-state index in [1.165, 1.54) is 13.2 Å². The summed E-state index contributed by atoms with van der Waals surface area (Å²) in [7, 11) is 1.47. The molecule has 9 N–H and O–H groups in total. The van der Waals surface area contributed by atoms with Crippen molar-refractivity contribution < 1.29 is 49.3 Å². The quantitative estimate of drug-likeness (QED) is 0.111. The average Bonchev–Trinajstić information content (AvgIpc) is 3.80. The number of benzene rings is 2. The maximum absolute atomic E-state index is 13.3. The minimum Gasteiger partial charge on any atom is -0.504 e. The Morgan fingerprint density at radius 1 is 1.05 bits per heavy atom. The number of aliphatic hydroxyl groups is 2. The second kappa shape index (κ2) is 16.0.